The number of piperidine rings is 1. The van der Waals surface area contributed by atoms with Crippen molar-refractivity contribution in [2.24, 2.45) is 11.3 Å². The summed E-state index contributed by atoms with van der Waals surface area (Å²) in [5.41, 5.74) is -1.37. The van der Waals surface area contributed by atoms with Crippen molar-refractivity contribution in [2.45, 2.75) is 51.4 Å². The Balaban J connectivity index is 1.88. The smallest absolute Gasteiger partial charge is 0.433 e. The van der Waals surface area contributed by atoms with Crippen LogP contribution in [-0.2, 0) is 6.18 Å². The minimum absolute atomic E-state index is 0.166. The minimum atomic E-state index is -4.47. The fraction of sp³-hybridized carbons (Fsp3) is 0.647. The van der Waals surface area contributed by atoms with Crippen molar-refractivity contribution in [2.75, 3.05) is 11.9 Å². The third-order valence-electron chi connectivity index (χ3n) is 5.59. The van der Waals surface area contributed by atoms with Crippen LogP contribution in [0.4, 0.5) is 23.7 Å². The molecule has 1 saturated carbocycles. The van der Waals surface area contributed by atoms with Gasteiger partial charge in [0, 0.05) is 6.54 Å². The summed E-state index contributed by atoms with van der Waals surface area (Å²) in [6.45, 7) is 6.54. The van der Waals surface area contributed by atoms with Crippen LogP contribution in [0.5, 0.6) is 0 Å². The standard InChI is InChI=1S/C17H22F3N3O2/c1-15(2,3)16-7-10(9-23(16)14(24)25)6-13(16)22-11-4-5-12(21-8-11)17(18,19)20/h4-5,8,10,13,22H,6-7,9H2,1-3H3,(H,24,25)/t10-,13+,16?/m0/s1. The quantitative estimate of drug-likeness (QED) is 0.837. The second-order valence-corrected chi connectivity index (χ2v) is 8.00. The van der Waals surface area contributed by atoms with E-state index >= 15 is 0 Å². The molecule has 0 spiro atoms. The molecule has 3 atom stereocenters. The van der Waals surface area contributed by atoms with Gasteiger partial charge in [0.2, 0.25) is 0 Å². The lowest BCUT2D eigenvalue weighted by Crippen LogP contribution is -2.64. The summed E-state index contributed by atoms with van der Waals surface area (Å²) in [4.78, 5) is 16.7. The normalized spacial score (nSPS) is 29.1. The first-order valence-corrected chi connectivity index (χ1v) is 8.25. The Hall–Kier alpha value is -1.99. The summed E-state index contributed by atoms with van der Waals surface area (Å²) in [5.74, 6) is 0.259. The number of amides is 1. The lowest BCUT2D eigenvalue weighted by Gasteiger charge is -2.51. The summed E-state index contributed by atoms with van der Waals surface area (Å²) in [6.07, 6.45) is -2.71. The molecule has 2 aliphatic rings. The molecule has 8 heteroatoms. The number of carbonyl (C=O) groups is 1. The Morgan fingerprint density at radius 2 is 2.04 bits per heavy atom. The van der Waals surface area contributed by atoms with Crippen LogP contribution in [0.3, 0.4) is 0 Å². The summed E-state index contributed by atoms with van der Waals surface area (Å²) in [5, 5.41) is 12.9. The Morgan fingerprint density at radius 3 is 2.52 bits per heavy atom. The number of halogens is 3. The molecule has 1 amide bonds. The first kappa shape index (κ1) is 17.8. The number of carboxylic acid groups (broad SMARTS) is 1. The Morgan fingerprint density at radius 1 is 1.36 bits per heavy atom. The van der Waals surface area contributed by atoms with E-state index in [1.807, 2.05) is 20.8 Å². The first-order chi connectivity index (χ1) is 11.4. The van der Waals surface area contributed by atoms with Crippen molar-refractivity contribution in [3.05, 3.63) is 24.0 Å². The van der Waals surface area contributed by atoms with Crippen LogP contribution in [0.25, 0.3) is 0 Å². The molecule has 2 fully saturated rings. The highest BCUT2D eigenvalue weighted by molar-refractivity contribution is 5.68. The zero-order valence-electron chi connectivity index (χ0n) is 14.4. The number of aromatic nitrogens is 1. The molecule has 2 N–H and O–H groups in total. The highest BCUT2D eigenvalue weighted by Gasteiger charge is 2.64. The first-order valence-electron chi connectivity index (χ1n) is 8.25. The van der Waals surface area contributed by atoms with E-state index in [-0.39, 0.29) is 17.4 Å². The van der Waals surface area contributed by atoms with E-state index < -0.39 is 23.5 Å². The summed E-state index contributed by atoms with van der Waals surface area (Å²) in [6, 6.07) is 2.12. The minimum Gasteiger partial charge on any atom is -0.465 e. The number of anilines is 1. The fourth-order valence-corrected chi connectivity index (χ4v) is 4.56. The maximum atomic E-state index is 12.6. The number of alkyl halides is 3. The molecule has 1 saturated heterocycles. The molecule has 1 aromatic rings. The largest absolute Gasteiger partial charge is 0.465 e. The van der Waals surface area contributed by atoms with E-state index in [0.717, 1.165) is 25.1 Å². The van der Waals surface area contributed by atoms with E-state index in [0.29, 0.717) is 12.2 Å². The van der Waals surface area contributed by atoms with Gasteiger partial charge in [-0.3, -0.25) is 4.90 Å². The highest BCUT2D eigenvalue weighted by atomic mass is 19.4. The molecule has 2 heterocycles. The zero-order valence-corrected chi connectivity index (χ0v) is 14.4. The van der Waals surface area contributed by atoms with Crippen LogP contribution in [0.15, 0.2) is 18.3 Å². The maximum absolute atomic E-state index is 12.6. The summed E-state index contributed by atoms with van der Waals surface area (Å²) in [7, 11) is 0. The number of nitrogens with one attached hydrogen (secondary N) is 1. The molecular formula is C17H22F3N3O2. The average molecular weight is 357 g/mol. The number of fused-ring (bicyclic) bond motifs is 2. The van der Waals surface area contributed by atoms with Gasteiger partial charge in [0.05, 0.1) is 23.5 Å². The molecule has 0 radical (unpaired) electrons. The highest BCUT2D eigenvalue weighted by Crippen LogP contribution is 2.56. The van der Waals surface area contributed by atoms with Crippen molar-refractivity contribution in [1.29, 1.82) is 0 Å². The molecule has 25 heavy (non-hydrogen) atoms. The van der Waals surface area contributed by atoms with Crippen LogP contribution < -0.4 is 5.32 Å². The SMILES string of the molecule is CC(C)(C)C12C[C@H](C[C@H]1Nc1ccc(C(F)(F)F)nc1)CN2C(=O)O. The van der Waals surface area contributed by atoms with Gasteiger partial charge in [-0.1, -0.05) is 20.8 Å². The second kappa shape index (κ2) is 5.51. The van der Waals surface area contributed by atoms with Crippen LogP contribution in [0.2, 0.25) is 0 Å². The molecule has 1 aliphatic carbocycles. The Labute approximate surface area is 144 Å². The molecule has 0 aromatic carbocycles. The Kier molecular flexibility index (Phi) is 3.92. The predicted octanol–water partition coefficient (Wildman–Crippen LogP) is 4.07. The summed E-state index contributed by atoms with van der Waals surface area (Å²) >= 11 is 0. The Bertz CT molecular complexity index is 669. The number of rotatable bonds is 2. The van der Waals surface area contributed by atoms with E-state index in [1.54, 1.807) is 0 Å². The number of pyridine rings is 1. The number of hydrogen-bond acceptors (Lipinski definition) is 3. The van der Waals surface area contributed by atoms with E-state index in [9.17, 15) is 23.1 Å². The van der Waals surface area contributed by atoms with Crippen LogP contribution in [-0.4, -0.2) is 39.2 Å². The van der Waals surface area contributed by atoms with Crippen LogP contribution in [0, 0.1) is 11.3 Å². The van der Waals surface area contributed by atoms with Crippen molar-refractivity contribution in [1.82, 2.24) is 9.88 Å². The molecule has 138 valence electrons. The van der Waals surface area contributed by atoms with Crippen molar-refractivity contribution >= 4 is 11.8 Å². The van der Waals surface area contributed by atoms with Crippen molar-refractivity contribution in [3.8, 4) is 0 Å². The zero-order chi connectivity index (χ0) is 18.6. The van der Waals surface area contributed by atoms with Gasteiger partial charge < -0.3 is 10.4 Å². The summed E-state index contributed by atoms with van der Waals surface area (Å²) < 4.78 is 37.9. The third kappa shape index (κ3) is 2.81. The van der Waals surface area contributed by atoms with Gasteiger partial charge in [0.15, 0.2) is 0 Å². The van der Waals surface area contributed by atoms with Crippen LogP contribution >= 0.6 is 0 Å². The third-order valence-corrected chi connectivity index (χ3v) is 5.59. The lowest BCUT2D eigenvalue weighted by molar-refractivity contribution is -0.141. The van der Waals surface area contributed by atoms with E-state index in [2.05, 4.69) is 10.3 Å². The predicted molar refractivity (Wildman–Crippen MR) is 86.3 cm³/mol. The van der Waals surface area contributed by atoms with Gasteiger partial charge >= 0.3 is 12.3 Å². The van der Waals surface area contributed by atoms with Crippen molar-refractivity contribution in [3.63, 3.8) is 0 Å². The van der Waals surface area contributed by atoms with Gasteiger partial charge in [-0.2, -0.15) is 13.2 Å². The lowest BCUT2D eigenvalue weighted by atomic mass is 9.69. The molecule has 1 aliphatic heterocycles. The van der Waals surface area contributed by atoms with E-state index in [1.165, 1.54) is 11.0 Å². The number of nitrogens with zero attached hydrogens (tertiary/aromatic N) is 2. The molecule has 1 unspecified atom stereocenters. The molecule has 5 nitrogen and oxygen atoms in total. The van der Waals surface area contributed by atoms with E-state index in [4.69, 9.17) is 0 Å². The maximum Gasteiger partial charge on any atom is 0.433 e. The molecule has 1 aromatic heterocycles. The molecular weight excluding hydrogens is 335 g/mol. The van der Waals surface area contributed by atoms with Gasteiger partial charge in [0.25, 0.3) is 0 Å². The van der Waals surface area contributed by atoms with Gasteiger partial charge in [-0.05, 0) is 36.3 Å². The van der Waals surface area contributed by atoms with Crippen LogP contribution in [0.1, 0.15) is 39.3 Å². The topological polar surface area (TPSA) is 65.5 Å². The van der Waals surface area contributed by atoms with Gasteiger partial charge in [0.1, 0.15) is 5.69 Å². The second-order valence-electron chi connectivity index (χ2n) is 8.00. The monoisotopic (exact) mass is 357 g/mol. The van der Waals surface area contributed by atoms with Gasteiger partial charge in [-0.25, -0.2) is 9.78 Å². The molecule has 2 bridgehead atoms. The number of hydrogen-bond donors (Lipinski definition) is 2. The average Bonchev–Trinajstić information content (AvgIpc) is 3.03. The van der Waals surface area contributed by atoms with Crippen molar-refractivity contribution < 1.29 is 23.1 Å². The molecule has 3 rings (SSSR count). The number of likely N-dealkylation sites (tertiary alicyclic amines) is 1. The van der Waals surface area contributed by atoms with Gasteiger partial charge in [-0.15, -0.1) is 0 Å². The fourth-order valence-electron chi connectivity index (χ4n) is 4.56.